The third kappa shape index (κ3) is 5.47. The van der Waals surface area contributed by atoms with Crippen LogP contribution in [-0.4, -0.2) is 12.8 Å². The predicted molar refractivity (Wildman–Crippen MR) is 30.1 cm³/mol. The number of oxime groups is 1. The Hall–Kier alpha value is -0.530. The standard InChI is InChI=1S/C5H10NO/c1-3-5-6-7-4-2/h5H,1,3-4H2,2H3. The molecule has 0 aromatic carbocycles. The maximum Gasteiger partial charge on any atom is 0.114 e. The summed E-state index contributed by atoms with van der Waals surface area (Å²) in [6, 6.07) is 0. The highest BCUT2D eigenvalue weighted by Crippen LogP contribution is 1.72. The lowest BCUT2D eigenvalue weighted by Gasteiger charge is -1.86. The lowest BCUT2D eigenvalue weighted by Crippen LogP contribution is -1.78. The second kappa shape index (κ2) is 5.47. The van der Waals surface area contributed by atoms with Gasteiger partial charge in [-0.15, -0.1) is 0 Å². The molecule has 0 aromatic rings. The van der Waals surface area contributed by atoms with Crippen LogP contribution in [0.25, 0.3) is 0 Å². The van der Waals surface area contributed by atoms with Gasteiger partial charge in [0.1, 0.15) is 6.61 Å². The van der Waals surface area contributed by atoms with Crippen molar-refractivity contribution < 1.29 is 4.84 Å². The van der Waals surface area contributed by atoms with E-state index in [1.54, 1.807) is 6.21 Å². The molecular formula is C5H10NO. The zero-order valence-corrected chi connectivity index (χ0v) is 4.55. The first-order valence-corrected chi connectivity index (χ1v) is 2.34. The second-order valence-electron chi connectivity index (χ2n) is 0.994. The van der Waals surface area contributed by atoms with Gasteiger partial charge in [0.15, 0.2) is 0 Å². The third-order valence-electron chi connectivity index (χ3n) is 0.407. The predicted octanol–water partition coefficient (Wildman–Crippen LogP) is 1.23. The van der Waals surface area contributed by atoms with Gasteiger partial charge >= 0.3 is 0 Å². The average molecular weight is 100 g/mol. The summed E-state index contributed by atoms with van der Waals surface area (Å²) in [6.45, 7) is 6.05. The van der Waals surface area contributed by atoms with Crippen molar-refractivity contribution in [2.24, 2.45) is 5.16 Å². The van der Waals surface area contributed by atoms with Gasteiger partial charge in [-0.1, -0.05) is 5.16 Å². The van der Waals surface area contributed by atoms with E-state index < -0.39 is 0 Å². The summed E-state index contributed by atoms with van der Waals surface area (Å²) in [5.74, 6) is 0. The fourth-order valence-corrected chi connectivity index (χ4v) is 0.180. The first-order valence-electron chi connectivity index (χ1n) is 2.34. The van der Waals surface area contributed by atoms with Gasteiger partial charge in [-0.25, -0.2) is 0 Å². The van der Waals surface area contributed by atoms with Crippen LogP contribution in [0.1, 0.15) is 13.3 Å². The van der Waals surface area contributed by atoms with E-state index in [1.807, 2.05) is 6.92 Å². The molecular weight excluding hydrogens is 90.1 g/mol. The number of nitrogens with zero attached hydrogens (tertiary/aromatic N) is 1. The Morgan fingerprint density at radius 3 is 3.00 bits per heavy atom. The van der Waals surface area contributed by atoms with Crippen LogP contribution in [0, 0.1) is 6.92 Å². The van der Waals surface area contributed by atoms with Crippen LogP contribution in [0.2, 0.25) is 0 Å². The van der Waals surface area contributed by atoms with Crippen LogP contribution in [0.15, 0.2) is 5.16 Å². The fraction of sp³-hybridized carbons (Fsp3) is 0.600. The molecule has 0 N–H and O–H groups in total. The average Bonchev–Trinajstić information content (AvgIpc) is 1.69. The van der Waals surface area contributed by atoms with Crippen molar-refractivity contribution in [3.63, 3.8) is 0 Å². The summed E-state index contributed by atoms with van der Waals surface area (Å²) in [4.78, 5) is 4.60. The van der Waals surface area contributed by atoms with Crippen LogP contribution in [-0.2, 0) is 4.84 Å². The largest absolute Gasteiger partial charge is 0.396 e. The quantitative estimate of drug-likeness (QED) is 0.386. The van der Waals surface area contributed by atoms with E-state index in [2.05, 4.69) is 16.9 Å². The van der Waals surface area contributed by atoms with Crippen LogP contribution in [0.5, 0.6) is 0 Å². The topological polar surface area (TPSA) is 21.6 Å². The van der Waals surface area contributed by atoms with Gasteiger partial charge in [-0.2, -0.15) is 0 Å². The van der Waals surface area contributed by atoms with E-state index in [4.69, 9.17) is 0 Å². The lowest BCUT2D eigenvalue weighted by molar-refractivity contribution is 0.160. The molecule has 0 rings (SSSR count). The Kier molecular flexibility index (Phi) is 5.06. The molecule has 41 valence electrons. The first kappa shape index (κ1) is 6.47. The van der Waals surface area contributed by atoms with Crippen molar-refractivity contribution in [2.45, 2.75) is 13.3 Å². The molecule has 0 aromatic heterocycles. The molecule has 0 atom stereocenters. The summed E-state index contributed by atoms with van der Waals surface area (Å²) in [5.41, 5.74) is 0. The van der Waals surface area contributed by atoms with Gasteiger partial charge < -0.3 is 4.84 Å². The molecule has 0 fully saturated rings. The molecule has 0 amide bonds. The molecule has 0 heterocycles. The highest BCUT2D eigenvalue weighted by atomic mass is 16.6. The molecule has 0 spiro atoms. The number of hydrogen-bond acceptors (Lipinski definition) is 2. The minimum atomic E-state index is 0.635. The van der Waals surface area contributed by atoms with Crippen molar-refractivity contribution in [3.05, 3.63) is 6.92 Å². The Balaban J connectivity index is 2.78. The minimum absolute atomic E-state index is 0.635. The highest BCUT2D eigenvalue weighted by molar-refractivity contribution is 5.56. The van der Waals surface area contributed by atoms with Crippen LogP contribution in [0.3, 0.4) is 0 Å². The SMILES string of the molecule is [CH2]CC=NOCC. The summed E-state index contributed by atoms with van der Waals surface area (Å²) in [6.07, 6.45) is 2.32. The maximum atomic E-state index is 4.60. The zero-order chi connectivity index (χ0) is 5.54. The van der Waals surface area contributed by atoms with Gasteiger partial charge in [-0.05, 0) is 20.3 Å². The van der Waals surface area contributed by atoms with E-state index in [0.717, 1.165) is 0 Å². The van der Waals surface area contributed by atoms with Crippen LogP contribution in [0.4, 0.5) is 0 Å². The monoisotopic (exact) mass is 100 g/mol. The Bertz CT molecular complexity index is 52.0. The molecule has 2 heteroatoms. The van der Waals surface area contributed by atoms with Gasteiger partial charge in [-0.3, -0.25) is 0 Å². The van der Waals surface area contributed by atoms with Crippen LogP contribution < -0.4 is 0 Å². The van der Waals surface area contributed by atoms with Crippen molar-refractivity contribution in [1.82, 2.24) is 0 Å². The lowest BCUT2D eigenvalue weighted by atomic mass is 10.6. The van der Waals surface area contributed by atoms with Crippen molar-refractivity contribution in [3.8, 4) is 0 Å². The zero-order valence-electron chi connectivity index (χ0n) is 4.55. The molecule has 0 saturated heterocycles. The molecule has 0 bridgehead atoms. The van der Waals surface area contributed by atoms with Gasteiger partial charge in [0, 0.05) is 6.21 Å². The van der Waals surface area contributed by atoms with Gasteiger partial charge in [0.2, 0.25) is 0 Å². The molecule has 0 aliphatic carbocycles. The smallest absolute Gasteiger partial charge is 0.114 e. The van der Waals surface area contributed by atoms with E-state index >= 15 is 0 Å². The Labute approximate surface area is 44.2 Å². The number of rotatable bonds is 3. The normalized spacial score (nSPS) is 10.0. The number of hydrogen-bond donors (Lipinski definition) is 0. The summed E-state index contributed by atoms with van der Waals surface area (Å²) in [7, 11) is 0. The minimum Gasteiger partial charge on any atom is -0.396 e. The molecule has 0 saturated carbocycles. The van der Waals surface area contributed by atoms with E-state index in [9.17, 15) is 0 Å². The third-order valence-corrected chi connectivity index (χ3v) is 0.407. The summed E-state index contributed by atoms with van der Waals surface area (Å²) >= 11 is 0. The molecule has 0 aliphatic heterocycles. The molecule has 0 unspecified atom stereocenters. The Morgan fingerprint density at radius 1 is 1.86 bits per heavy atom. The summed E-state index contributed by atoms with van der Waals surface area (Å²) < 4.78 is 0. The van der Waals surface area contributed by atoms with Crippen molar-refractivity contribution >= 4 is 6.21 Å². The highest BCUT2D eigenvalue weighted by Gasteiger charge is 1.66. The molecule has 0 aliphatic rings. The Morgan fingerprint density at radius 2 is 2.57 bits per heavy atom. The fourth-order valence-electron chi connectivity index (χ4n) is 0.180. The summed E-state index contributed by atoms with van der Waals surface area (Å²) in [5, 5.41) is 3.52. The van der Waals surface area contributed by atoms with E-state index in [1.165, 1.54) is 0 Å². The van der Waals surface area contributed by atoms with Crippen LogP contribution >= 0.6 is 0 Å². The first-order chi connectivity index (χ1) is 3.41. The van der Waals surface area contributed by atoms with Gasteiger partial charge in [0.25, 0.3) is 0 Å². The molecule has 7 heavy (non-hydrogen) atoms. The van der Waals surface area contributed by atoms with Crippen molar-refractivity contribution in [2.75, 3.05) is 6.61 Å². The van der Waals surface area contributed by atoms with E-state index in [-0.39, 0.29) is 0 Å². The maximum absolute atomic E-state index is 4.60. The van der Waals surface area contributed by atoms with Crippen molar-refractivity contribution in [1.29, 1.82) is 0 Å². The molecule has 2 nitrogen and oxygen atoms in total. The molecule has 1 radical (unpaired) electrons. The second-order valence-corrected chi connectivity index (χ2v) is 0.994. The van der Waals surface area contributed by atoms with E-state index in [0.29, 0.717) is 13.0 Å². The van der Waals surface area contributed by atoms with Gasteiger partial charge in [0.05, 0.1) is 0 Å².